The molecule has 2 heterocycles. The van der Waals surface area contributed by atoms with E-state index in [1.165, 1.54) is 29.7 Å². The third-order valence-corrected chi connectivity index (χ3v) is 5.95. The average molecular weight is 304 g/mol. The van der Waals surface area contributed by atoms with Crippen LogP contribution in [0.1, 0.15) is 55.4 Å². The Morgan fingerprint density at radius 2 is 2.19 bits per heavy atom. The monoisotopic (exact) mass is 304 g/mol. The number of nitrogens with zero attached hydrogens (tertiary/aromatic N) is 1. The van der Waals surface area contributed by atoms with Gasteiger partial charge >= 0.3 is 0 Å². The van der Waals surface area contributed by atoms with Gasteiger partial charge in [-0.3, -0.25) is 4.79 Å². The van der Waals surface area contributed by atoms with E-state index in [1.54, 1.807) is 11.3 Å². The highest BCUT2D eigenvalue weighted by Gasteiger charge is 2.29. The predicted molar refractivity (Wildman–Crippen MR) is 84.8 cm³/mol. The van der Waals surface area contributed by atoms with Crippen LogP contribution in [0.15, 0.2) is 4.79 Å². The second-order valence-electron chi connectivity index (χ2n) is 6.80. The summed E-state index contributed by atoms with van der Waals surface area (Å²) in [6.45, 7) is 4.43. The van der Waals surface area contributed by atoms with Gasteiger partial charge in [0.25, 0.3) is 5.56 Å². The zero-order valence-corrected chi connectivity index (χ0v) is 13.4. The zero-order chi connectivity index (χ0) is 14.6. The van der Waals surface area contributed by atoms with Crippen molar-refractivity contribution in [3.8, 4) is 0 Å². The van der Waals surface area contributed by atoms with Crippen molar-refractivity contribution < 1.29 is 5.32 Å². The number of thiophene rings is 1. The fourth-order valence-corrected chi connectivity index (χ4v) is 4.76. The maximum absolute atomic E-state index is 12.5. The van der Waals surface area contributed by atoms with Gasteiger partial charge in [0.05, 0.1) is 11.4 Å². The molecule has 4 nitrogen and oxygen atoms in total. The largest absolute Gasteiger partial charge is 0.335 e. The van der Waals surface area contributed by atoms with Crippen molar-refractivity contribution in [2.45, 2.75) is 58.0 Å². The second kappa shape index (κ2) is 4.92. The van der Waals surface area contributed by atoms with E-state index in [9.17, 15) is 4.79 Å². The van der Waals surface area contributed by atoms with Gasteiger partial charge in [0.1, 0.15) is 10.9 Å². The quantitative estimate of drug-likeness (QED) is 0.909. The molecule has 2 aromatic rings. The Morgan fingerprint density at radius 3 is 2.95 bits per heavy atom. The highest BCUT2D eigenvalue weighted by atomic mass is 32.1. The molecule has 0 unspecified atom stereocenters. The molecule has 112 valence electrons. The Balaban J connectivity index is 1.77. The Hall–Kier alpha value is -1.20. The van der Waals surface area contributed by atoms with Crippen molar-refractivity contribution >= 4 is 21.6 Å². The van der Waals surface area contributed by atoms with Crippen molar-refractivity contribution in [2.75, 3.05) is 0 Å². The first-order valence-electron chi connectivity index (χ1n) is 8.01. The fraction of sp³-hybridized carbons (Fsp3) is 0.625. The maximum Gasteiger partial charge on any atom is 0.260 e. The molecule has 2 aliphatic carbocycles. The van der Waals surface area contributed by atoms with Gasteiger partial charge in [-0.15, -0.1) is 11.3 Å². The van der Waals surface area contributed by atoms with Crippen molar-refractivity contribution in [3.63, 3.8) is 0 Å². The number of rotatable bonds is 3. The number of hydrogen-bond donors (Lipinski definition) is 2. The lowest BCUT2D eigenvalue weighted by Gasteiger charge is -2.17. The zero-order valence-electron chi connectivity index (χ0n) is 12.6. The van der Waals surface area contributed by atoms with Crippen LogP contribution in [-0.2, 0) is 12.8 Å². The van der Waals surface area contributed by atoms with Crippen LogP contribution in [0, 0.1) is 5.92 Å². The van der Waals surface area contributed by atoms with Crippen molar-refractivity contribution in [1.82, 2.24) is 9.97 Å². The third-order valence-electron chi connectivity index (χ3n) is 4.80. The molecule has 0 bridgehead atoms. The summed E-state index contributed by atoms with van der Waals surface area (Å²) in [5, 5.41) is 3.20. The van der Waals surface area contributed by atoms with Gasteiger partial charge in [0.15, 0.2) is 5.82 Å². The van der Waals surface area contributed by atoms with Gasteiger partial charge in [-0.2, -0.15) is 0 Å². The van der Waals surface area contributed by atoms with Gasteiger partial charge in [-0.1, -0.05) is 6.92 Å². The van der Waals surface area contributed by atoms with E-state index in [0.29, 0.717) is 0 Å². The molecule has 0 aromatic carbocycles. The van der Waals surface area contributed by atoms with Crippen molar-refractivity contribution in [2.24, 2.45) is 5.92 Å². The van der Waals surface area contributed by atoms with Gasteiger partial charge in [-0.25, -0.2) is 4.98 Å². The molecule has 2 atom stereocenters. The smallest absolute Gasteiger partial charge is 0.260 e. The number of aromatic nitrogens is 2. The van der Waals surface area contributed by atoms with E-state index in [4.69, 9.17) is 4.98 Å². The van der Waals surface area contributed by atoms with Crippen LogP contribution in [-0.4, -0.2) is 16.0 Å². The average Bonchev–Trinajstić information content (AvgIpc) is 3.16. The lowest BCUT2D eigenvalue weighted by molar-refractivity contribution is -0.706. The van der Waals surface area contributed by atoms with E-state index in [2.05, 4.69) is 24.1 Å². The van der Waals surface area contributed by atoms with E-state index in [-0.39, 0.29) is 11.6 Å². The minimum atomic E-state index is 0.0677. The summed E-state index contributed by atoms with van der Waals surface area (Å²) < 4.78 is 0. The van der Waals surface area contributed by atoms with Gasteiger partial charge in [0, 0.05) is 17.7 Å². The number of hydrogen-bond acceptors (Lipinski definition) is 3. The standard InChI is InChI=1S/C16H21N3OS/c1-8-3-6-11-12(7-8)21-16-13(11)15(20)18-14(19-16)9(2)17-10-4-5-10/h8-10,17H,3-7H2,1-2H3,(H,18,19,20)/p+1/t8-,9-/m0/s1. The van der Waals surface area contributed by atoms with Crippen LogP contribution in [0.4, 0.5) is 0 Å². The summed E-state index contributed by atoms with van der Waals surface area (Å²) >= 11 is 1.74. The SMILES string of the molecule is C[C@H]1CCc2c(sc3nc([C@H](C)[NH2+]C4CC4)[nH]c(=O)c23)C1. The van der Waals surface area contributed by atoms with Crippen molar-refractivity contribution in [3.05, 3.63) is 26.6 Å². The Kier molecular flexibility index (Phi) is 3.15. The highest BCUT2D eigenvalue weighted by Crippen LogP contribution is 2.35. The molecule has 0 saturated heterocycles. The molecular weight excluding hydrogens is 282 g/mol. The molecular formula is C16H22N3OS+. The summed E-state index contributed by atoms with van der Waals surface area (Å²) in [6, 6.07) is 0.978. The van der Waals surface area contributed by atoms with Crippen molar-refractivity contribution in [1.29, 1.82) is 0 Å². The van der Waals surface area contributed by atoms with Gasteiger partial charge in [0.2, 0.25) is 0 Å². The molecule has 21 heavy (non-hydrogen) atoms. The van der Waals surface area contributed by atoms with Gasteiger partial charge < -0.3 is 10.3 Å². The lowest BCUT2D eigenvalue weighted by atomic mass is 9.89. The van der Waals surface area contributed by atoms with Crippen LogP contribution in [0.5, 0.6) is 0 Å². The number of fused-ring (bicyclic) bond motifs is 3. The molecule has 0 aliphatic heterocycles. The normalized spacial score (nSPS) is 23.2. The third kappa shape index (κ3) is 2.42. The molecule has 2 aliphatic rings. The topological polar surface area (TPSA) is 62.4 Å². The number of aromatic amines is 1. The first-order chi connectivity index (χ1) is 10.1. The molecule has 1 fully saturated rings. The number of quaternary nitrogens is 1. The van der Waals surface area contributed by atoms with Crippen LogP contribution in [0.3, 0.4) is 0 Å². The maximum atomic E-state index is 12.5. The molecule has 4 rings (SSSR count). The summed E-state index contributed by atoms with van der Waals surface area (Å²) in [4.78, 5) is 22.7. The Morgan fingerprint density at radius 1 is 1.38 bits per heavy atom. The second-order valence-corrected chi connectivity index (χ2v) is 7.89. The van der Waals surface area contributed by atoms with Gasteiger partial charge in [-0.05, 0) is 37.7 Å². The van der Waals surface area contributed by atoms with Crippen LogP contribution >= 0.6 is 11.3 Å². The molecule has 2 aromatic heterocycles. The molecule has 3 N–H and O–H groups in total. The number of nitrogens with two attached hydrogens (primary N) is 1. The molecule has 1 saturated carbocycles. The molecule has 0 spiro atoms. The van der Waals surface area contributed by atoms with E-state index in [1.807, 2.05) is 0 Å². The number of H-pyrrole nitrogens is 1. The first-order valence-corrected chi connectivity index (χ1v) is 8.83. The highest BCUT2D eigenvalue weighted by molar-refractivity contribution is 7.18. The summed E-state index contributed by atoms with van der Waals surface area (Å²) in [5.41, 5.74) is 1.34. The van der Waals surface area contributed by atoms with E-state index >= 15 is 0 Å². The summed E-state index contributed by atoms with van der Waals surface area (Å²) in [5.74, 6) is 1.57. The van der Waals surface area contributed by atoms with E-state index < -0.39 is 0 Å². The van der Waals surface area contributed by atoms with Crippen LogP contribution in [0.2, 0.25) is 0 Å². The minimum Gasteiger partial charge on any atom is -0.335 e. The van der Waals surface area contributed by atoms with E-state index in [0.717, 1.165) is 40.8 Å². The number of nitrogens with one attached hydrogen (secondary N) is 1. The lowest BCUT2D eigenvalue weighted by Crippen LogP contribution is -2.86. The Bertz CT molecular complexity index is 744. The predicted octanol–water partition coefficient (Wildman–Crippen LogP) is 1.90. The van der Waals surface area contributed by atoms with Crippen LogP contribution < -0.4 is 10.9 Å². The molecule has 0 amide bonds. The van der Waals surface area contributed by atoms with Crippen LogP contribution in [0.25, 0.3) is 10.2 Å². The Labute approximate surface area is 128 Å². The summed E-state index contributed by atoms with van der Waals surface area (Å²) in [6.07, 6.45) is 5.91. The first kappa shape index (κ1) is 13.5. The minimum absolute atomic E-state index is 0.0677. The summed E-state index contributed by atoms with van der Waals surface area (Å²) in [7, 11) is 0. The fourth-order valence-electron chi connectivity index (χ4n) is 3.37. The molecule has 5 heteroatoms. The number of aryl methyl sites for hydroxylation is 1. The molecule has 0 radical (unpaired) electrons.